The van der Waals surface area contributed by atoms with E-state index in [1.807, 2.05) is 6.92 Å². The van der Waals surface area contributed by atoms with Crippen molar-refractivity contribution < 1.29 is 42.9 Å². The van der Waals surface area contributed by atoms with Crippen molar-refractivity contribution in [3.8, 4) is 0 Å². The molecular weight excluding hydrogens is 535 g/mol. The molecule has 10 heteroatoms. The van der Waals surface area contributed by atoms with Crippen molar-refractivity contribution in [1.82, 2.24) is 0 Å². The molecule has 0 amide bonds. The molecule has 0 bridgehead atoms. The molecule has 2 atom stereocenters. The first-order valence-corrected chi connectivity index (χ1v) is 17.6. The Balaban J connectivity index is 3.99. The Kier molecular flexibility index (Phi) is 27.4. The molecule has 238 valence electrons. The van der Waals surface area contributed by atoms with Gasteiger partial charge in [0.2, 0.25) is 0 Å². The number of ether oxygens (including phenoxy) is 2. The lowest BCUT2D eigenvalue weighted by molar-refractivity contribution is -0.142. The third kappa shape index (κ3) is 25.9. The Morgan fingerprint density at radius 2 is 1.07 bits per heavy atom. The van der Waals surface area contributed by atoms with E-state index < -0.39 is 25.5 Å². The Bertz CT molecular complexity index is 645. The van der Waals surface area contributed by atoms with Crippen LogP contribution in [0.15, 0.2) is 0 Å². The predicted octanol–water partition coefficient (Wildman–Crippen LogP) is 8.09. The maximum Gasteiger partial charge on any atom is 0.331 e. The van der Waals surface area contributed by atoms with Gasteiger partial charge in [-0.3, -0.25) is 14.2 Å². The molecule has 0 fully saturated rings. The number of aliphatic carboxylic acids is 2. The Morgan fingerprint density at radius 1 is 0.625 bits per heavy atom. The summed E-state index contributed by atoms with van der Waals surface area (Å²) in [6.45, 7) is 6.49. The summed E-state index contributed by atoms with van der Waals surface area (Å²) in [5.41, 5.74) is 0. The molecule has 0 heterocycles. The first-order chi connectivity index (χ1) is 19.3. The summed E-state index contributed by atoms with van der Waals surface area (Å²) >= 11 is 0. The number of carboxylic acid groups (broad SMARTS) is 2. The Labute approximate surface area is 243 Å². The maximum absolute atomic E-state index is 13.3. The second kappa shape index (κ2) is 28.1. The van der Waals surface area contributed by atoms with Crippen LogP contribution < -0.4 is 0 Å². The summed E-state index contributed by atoms with van der Waals surface area (Å²) in [5.74, 6) is -3.43. The van der Waals surface area contributed by atoms with E-state index in [9.17, 15) is 19.3 Å². The van der Waals surface area contributed by atoms with Crippen LogP contribution in [0.2, 0.25) is 0 Å². The topological polar surface area (TPSA) is 129 Å². The summed E-state index contributed by atoms with van der Waals surface area (Å²) in [6.07, 6.45) is 18.6. The second-order valence-electron chi connectivity index (χ2n) is 10.5. The summed E-state index contributed by atoms with van der Waals surface area (Å²) in [7, 11) is -3.72. The molecule has 0 aromatic rings. The first kappa shape index (κ1) is 39.0. The summed E-state index contributed by atoms with van der Waals surface area (Å²) in [4.78, 5) is 22.5. The molecule has 0 spiro atoms. The summed E-state index contributed by atoms with van der Waals surface area (Å²) in [6, 6.07) is 0. The second-order valence-corrected chi connectivity index (χ2v) is 12.6. The molecule has 0 saturated carbocycles. The molecule has 0 aromatic heterocycles. The van der Waals surface area contributed by atoms with E-state index >= 15 is 0 Å². The van der Waals surface area contributed by atoms with Gasteiger partial charge in [-0.05, 0) is 32.6 Å². The van der Waals surface area contributed by atoms with Crippen LogP contribution in [-0.4, -0.2) is 68.0 Å². The molecule has 0 aliphatic carbocycles. The lowest BCUT2D eigenvalue weighted by Crippen LogP contribution is -2.21. The van der Waals surface area contributed by atoms with Crippen molar-refractivity contribution in [3.63, 3.8) is 0 Å². The number of rotatable bonds is 32. The number of unbranched alkanes of at least 4 members (excludes halogenated alkanes) is 13. The summed E-state index contributed by atoms with van der Waals surface area (Å²) in [5, 5.41) is 18.4. The van der Waals surface area contributed by atoms with Crippen LogP contribution in [0.5, 0.6) is 0 Å². The highest BCUT2D eigenvalue weighted by molar-refractivity contribution is 7.53. The minimum Gasteiger partial charge on any atom is -0.481 e. The zero-order chi connectivity index (χ0) is 29.7. The summed E-state index contributed by atoms with van der Waals surface area (Å²) < 4.78 is 35.2. The normalized spacial score (nSPS) is 13.8. The molecule has 2 N–H and O–H groups in total. The van der Waals surface area contributed by atoms with E-state index in [0.29, 0.717) is 39.3 Å². The highest BCUT2D eigenvalue weighted by atomic mass is 31.2. The van der Waals surface area contributed by atoms with Crippen molar-refractivity contribution in [3.05, 3.63) is 0 Å². The molecule has 0 aliphatic heterocycles. The molecular formula is C30H59O9P. The van der Waals surface area contributed by atoms with E-state index in [2.05, 4.69) is 6.92 Å². The van der Waals surface area contributed by atoms with Gasteiger partial charge in [0.25, 0.3) is 0 Å². The van der Waals surface area contributed by atoms with Crippen molar-refractivity contribution in [2.45, 2.75) is 129 Å². The van der Waals surface area contributed by atoms with Crippen LogP contribution in [0.25, 0.3) is 0 Å². The van der Waals surface area contributed by atoms with Gasteiger partial charge < -0.3 is 28.7 Å². The van der Waals surface area contributed by atoms with Gasteiger partial charge in [0.15, 0.2) is 0 Å². The van der Waals surface area contributed by atoms with Gasteiger partial charge in [-0.25, -0.2) is 0 Å². The number of carboxylic acids is 2. The van der Waals surface area contributed by atoms with Crippen LogP contribution in [0, 0.1) is 5.92 Å². The van der Waals surface area contributed by atoms with E-state index in [4.69, 9.17) is 23.6 Å². The fraction of sp³-hybridized carbons (Fsp3) is 0.933. The minimum absolute atomic E-state index is 0.109. The fourth-order valence-corrected chi connectivity index (χ4v) is 6.36. The van der Waals surface area contributed by atoms with Crippen LogP contribution in [-0.2, 0) is 32.7 Å². The van der Waals surface area contributed by atoms with Crippen LogP contribution in [0.1, 0.15) is 129 Å². The van der Waals surface area contributed by atoms with E-state index in [-0.39, 0.29) is 32.2 Å². The van der Waals surface area contributed by atoms with Crippen LogP contribution in [0.4, 0.5) is 0 Å². The molecule has 0 radical (unpaired) electrons. The Hall–Kier alpha value is -0.990. The number of hydrogen-bond acceptors (Lipinski definition) is 7. The lowest BCUT2D eigenvalue weighted by atomic mass is 10.0. The quantitative estimate of drug-likeness (QED) is 0.0586. The maximum atomic E-state index is 13.3. The van der Waals surface area contributed by atoms with Gasteiger partial charge in [0.1, 0.15) is 0 Å². The van der Waals surface area contributed by atoms with Crippen molar-refractivity contribution in [1.29, 1.82) is 0 Å². The van der Waals surface area contributed by atoms with Crippen LogP contribution >= 0.6 is 7.60 Å². The van der Waals surface area contributed by atoms with Gasteiger partial charge in [0.05, 0.1) is 25.3 Å². The predicted molar refractivity (Wildman–Crippen MR) is 159 cm³/mol. The average Bonchev–Trinajstić information content (AvgIpc) is 2.92. The first-order valence-electron chi connectivity index (χ1n) is 15.8. The minimum atomic E-state index is -3.72. The van der Waals surface area contributed by atoms with E-state index in [1.165, 1.54) is 77.0 Å². The third-order valence-electron chi connectivity index (χ3n) is 6.79. The molecule has 0 aromatic carbocycles. The van der Waals surface area contributed by atoms with Gasteiger partial charge in [0, 0.05) is 32.8 Å². The zero-order valence-corrected chi connectivity index (χ0v) is 26.3. The number of carbonyl (C=O) groups is 2. The molecule has 40 heavy (non-hydrogen) atoms. The van der Waals surface area contributed by atoms with Gasteiger partial charge >= 0.3 is 19.5 Å². The van der Waals surface area contributed by atoms with E-state index in [0.717, 1.165) is 12.8 Å². The smallest absolute Gasteiger partial charge is 0.331 e. The molecule has 9 nitrogen and oxygen atoms in total. The molecule has 0 aliphatic rings. The largest absolute Gasteiger partial charge is 0.481 e. The molecule has 2 unspecified atom stereocenters. The number of hydrogen-bond donors (Lipinski definition) is 2. The fourth-order valence-electron chi connectivity index (χ4n) is 4.38. The SMILES string of the molecule is CCCCCCCCCCCCCCCCOCCCOP(=O)(CC(CCC(=O)O)C(=O)O)OCCCOCC. The van der Waals surface area contributed by atoms with Crippen molar-refractivity contribution in [2.24, 2.45) is 5.92 Å². The van der Waals surface area contributed by atoms with Crippen molar-refractivity contribution >= 4 is 19.5 Å². The van der Waals surface area contributed by atoms with Crippen molar-refractivity contribution in [2.75, 3.05) is 45.8 Å². The van der Waals surface area contributed by atoms with Gasteiger partial charge in [-0.1, -0.05) is 90.4 Å². The molecule has 0 saturated heterocycles. The van der Waals surface area contributed by atoms with Gasteiger partial charge in [-0.2, -0.15) is 0 Å². The zero-order valence-electron chi connectivity index (χ0n) is 25.5. The third-order valence-corrected chi connectivity index (χ3v) is 8.83. The monoisotopic (exact) mass is 594 g/mol. The Morgan fingerprint density at radius 3 is 1.52 bits per heavy atom. The lowest BCUT2D eigenvalue weighted by Gasteiger charge is -2.22. The van der Waals surface area contributed by atoms with Crippen LogP contribution in [0.3, 0.4) is 0 Å². The average molecular weight is 595 g/mol. The van der Waals surface area contributed by atoms with Gasteiger partial charge in [-0.15, -0.1) is 0 Å². The van der Waals surface area contributed by atoms with E-state index in [1.54, 1.807) is 0 Å². The highest BCUT2D eigenvalue weighted by Gasteiger charge is 2.33. The standard InChI is InChI=1S/C30H59O9P/c1-3-5-6-7-8-9-10-11-12-13-14-15-16-17-22-37-24-19-26-39-40(35,38-25-18-23-36-4-2)27-28(30(33)34)20-21-29(31)32/h28H,3-27H2,1-2H3,(H,31,32)(H,33,34). The highest BCUT2D eigenvalue weighted by Crippen LogP contribution is 2.50. The molecule has 0 rings (SSSR count).